The number of hydrogen-bond donors (Lipinski definition) is 1. The molecule has 140 valence electrons. The van der Waals surface area contributed by atoms with Crippen LogP contribution < -0.4 is 9.47 Å². The zero-order chi connectivity index (χ0) is 18.8. The molecule has 0 bridgehead atoms. The van der Waals surface area contributed by atoms with E-state index in [0.29, 0.717) is 30.0 Å². The molecule has 2 aliphatic rings. The third-order valence-corrected chi connectivity index (χ3v) is 4.99. The van der Waals surface area contributed by atoms with Crippen LogP contribution >= 0.6 is 0 Å². The number of aromatic hydroxyl groups is 1. The number of ketones is 1. The Bertz CT molecular complexity index is 880. The van der Waals surface area contributed by atoms with Gasteiger partial charge in [-0.05, 0) is 68.8 Å². The molecule has 1 fully saturated rings. The molecule has 0 saturated carbocycles. The quantitative estimate of drug-likeness (QED) is 0.812. The molecule has 4 rings (SSSR count). The number of Topliss-reactive ketones (excluding diaryl/α,β-unsaturated/α-hetero) is 1. The summed E-state index contributed by atoms with van der Waals surface area (Å²) in [5.74, 6) is 1.59. The van der Waals surface area contributed by atoms with Gasteiger partial charge in [-0.25, -0.2) is 0 Å². The summed E-state index contributed by atoms with van der Waals surface area (Å²) in [6, 6.07) is 10.7. The van der Waals surface area contributed by atoms with Gasteiger partial charge in [0.25, 0.3) is 0 Å². The number of rotatable bonds is 5. The molecule has 0 aromatic heterocycles. The Labute approximate surface area is 158 Å². The normalized spacial score (nSPS) is 18.0. The molecule has 0 unspecified atom stereocenters. The van der Waals surface area contributed by atoms with E-state index in [9.17, 15) is 9.90 Å². The zero-order valence-electron chi connectivity index (χ0n) is 15.4. The molecule has 27 heavy (non-hydrogen) atoms. The molecule has 0 amide bonds. The molecule has 2 aromatic carbocycles. The predicted molar refractivity (Wildman–Crippen MR) is 103 cm³/mol. The van der Waals surface area contributed by atoms with E-state index >= 15 is 0 Å². The van der Waals surface area contributed by atoms with Crippen molar-refractivity contribution in [2.75, 3.05) is 19.7 Å². The fourth-order valence-corrected chi connectivity index (χ4v) is 3.59. The highest BCUT2D eigenvalue weighted by Crippen LogP contribution is 2.40. The minimum absolute atomic E-state index is 0.151. The summed E-state index contributed by atoms with van der Waals surface area (Å²) in [4.78, 5) is 15.0. The first kappa shape index (κ1) is 17.6. The summed E-state index contributed by atoms with van der Waals surface area (Å²) >= 11 is 0. The van der Waals surface area contributed by atoms with Gasteiger partial charge in [0.05, 0.1) is 17.7 Å². The van der Waals surface area contributed by atoms with E-state index in [1.54, 1.807) is 18.2 Å². The number of carbonyl (C=O) groups excluding carboxylic acids is 1. The van der Waals surface area contributed by atoms with Gasteiger partial charge in [-0.3, -0.25) is 9.69 Å². The fourth-order valence-electron chi connectivity index (χ4n) is 3.59. The largest absolute Gasteiger partial charge is 0.507 e. The van der Waals surface area contributed by atoms with Crippen LogP contribution in [0.2, 0.25) is 0 Å². The maximum Gasteiger partial charge on any atom is 0.231 e. The Morgan fingerprint density at radius 2 is 1.89 bits per heavy atom. The molecule has 5 nitrogen and oxygen atoms in total. The maximum absolute atomic E-state index is 12.8. The summed E-state index contributed by atoms with van der Waals surface area (Å²) in [7, 11) is 0. The summed E-state index contributed by atoms with van der Waals surface area (Å²) in [5.41, 5.74) is 2.07. The summed E-state index contributed by atoms with van der Waals surface area (Å²) in [6.07, 6.45) is 4.06. The van der Waals surface area contributed by atoms with E-state index in [4.69, 9.17) is 9.47 Å². The molecule has 0 atom stereocenters. The number of likely N-dealkylation sites (tertiary alicyclic amines) is 1. The molecule has 0 spiro atoms. The first-order chi connectivity index (χ1) is 13.2. The molecule has 2 aromatic rings. The third kappa shape index (κ3) is 3.55. The third-order valence-electron chi connectivity index (χ3n) is 4.99. The van der Waals surface area contributed by atoms with Gasteiger partial charge < -0.3 is 14.6 Å². The lowest BCUT2D eigenvalue weighted by atomic mass is 10.0. The number of benzene rings is 2. The van der Waals surface area contributed by atoms with Crippen molar-refractivity contribution in [2.45, 2.75) is 26.3 Å². The van der Waals surface area contributed by atoms with E-state index in [1.807, 2.05) is 31.2 Å². The van der Waals surface area contributed by atoms with Crippen molar-refractivity contribution in [1.29, 1.82) is 0 Å². The first-order valence-corrected chi connectivity index (χ1v) is 9.40. The van der Waals surface area contributed by atoms with Crippen molar-refractivity contribution in [3.8, 4) is 17.2 Å². The van der Waals surface area contributed by atoms with Crippen LogP contribution in [0.5, 0.6) is 17.2 Å². The van der Waals surface area contributed by atoms with Crippen LogP contribution in [-0.2, 0) is 6.54 Å². The Hall–Kier alpha value is -2.79. The van der Waals surface area contributed by atoms with Crippen molar-refractivity contribution in [3.63, 3.8) is 0 Å². The van der Waals surface area contributed by atoms with Gasteiger partial charge in [0.15, 0.2) is 5.76 Å². The highest BCUT2D eigenvalue weighted by atomic mass is 16.5. The first-order valence-electron chi connectivity index (χ1n) is 9.40. The maximum atomic E-state index is 12.8. The van der Waals surface area contributed by atoms with E-state index in [-0.39, 0.29) is 17.3 Å². The standard InChI is InChI=1S/C22H23NO4/c1-2-26-16-7-5-15(6-8-16)13-20-21(25)17-9-10-19(24)18(22(17)27-20)14-23-11-3-4-12-23/h5-10,13,24H,2-4,11-12,14H2,1H3/b20-13+. The Morgan fingerprint density at radius 1 is 1.15 bits per heavy atom. The monoisotopic (exact) mass is 365 g/mol. The number of phenols is 1. The lowest BCUT2D eigenvalue weighted by Gasteiger charge is -2.17. The molecule has 1 N–H and O–H groups in total. The van der Waals surface area contributed by atoms with Crippen LogP contribution in [0.1, 0.15) is 41.3 Å². The smallest absolute Gasteiger partial charge is 0.231 e. The van der Waals surface area contributed by atoms with Crippen LogP contribution in [-0.4, -0.2) is 35.5 Å². The van der Waals surface area contributed by atoms with E-state index in [0.717, 1.165) is 24.4 Å². The lowest BCUT2D eigenvalue weighted by molar-refractivity contribution is 0.101. The van der Waals surface area contributed by atoms with Crippen molar-refractivity contribution in [1.82, 2.24) is 4.90 Å². The number of nitrogens with zero attached hydrogens (tertiary/aromatic N) is 1. The van der Waals surface area contributed by atoms with Crippen molar-refractivity contribution in [3.05, 3.63) is 58.8 Å². The number of ether oxygens (including phenoxy) is 2. The average Bonchev–Trinajstić information content (AvgIpc) is 3.28. The Morgan fingerprint density at radius 3 is 2.59 bits per heavy atom. The van der Waals surface area contributed by atoms with Gasteiger partial charge in [0.1, 0.15) is 17.2 Å². The number of allylic oxidation sites excluding steroid dienone is 1. The zero-order valence-corrected chi connectivity index (χ0v) is 15.4. The molecule has 1 saturated heterocycles. The Balaban J connectivity index is 1.61. The van der Waals surface area contributed by atoms with Gasteiger partial charge in [-0.2, -0.15) is 0 Å². The highest BCUT2D eigenvalue weighted by Gasteiger charge is 2.32. The second-order valence-electron chi connectivity index (χ2n) is 6.87. The molecular weight excluding hydrogens is 342 g/mol. The van der Waals surface area contributed by atoms with Gasteiger partial charge in [0, 0.05) is 6.54 Å². The molecule has 0 aliphatic carbocycles. The summed E-state index contributed by atoms with van der Waals surface area (Å²) in [5, 5.41) is 10.3. The summed E-state index contributed by atoms with van der Waals surface area (Å²) in [6.45, 7) is 5.16. The number of carbonyl (C=O) groups is 1. The predicted octanol–water partition coefficient (Wildman–Crippen LogP) is 4.00. The van der Waals surface area contributed by atoms with Crippen molar-refractivity contribution >= 4 is 11.9 Å². The van der Waals surface area contributed by atoms with E-state index in [1.165, 1.54) is 12.8 Å². The number of hydrogen-bond acceptors (Lipinski definition) is 5. The van der Waals surface area contributed by atoms with Crippen LogP contribution in [0.4, 0.5) is 0 Å². The lowest BCUT2D eigenvalue weighted by Crippen LogP contribution is -2.18. The van der Waals surface area contributed by atoms with Crippen LogP contribution in [0.3, 0.4) is 0 Å². The van der Waals surface area contributed by atoms with Gasteiger partial charge >= 0.3 is 0 Å². The summed E-state index contributed by atoms with van der Waals surface area (Å²) < 4.78 is 11.4. The molecular formula is C22H23NO4. The van der Waals surface area contributed by atoms with Gasteiger partial charge in [-0.15, -0.1) is 0 Å². The second kappa shape index (κ2) is 7.45. The molecule has 2 heterocycles. The van der Waals surface area contributed by atoms with Gasteiger partial charge in [-0.1, -0.05) is 12.1 Å². The SMILES string of the molecule is CCOc1ccc(/C=C2/Oc3c(ccc(O)c3CN3CCCC3)C2=O)cc1. The van der Waals surface area contributed by atoms with Crippen LogP contribution in [0.25, 0.3) is 6.08 Å². The van der Waals surface area contributed by atoms with Crippen LogP contribution in [0, 0.1) is 0 Å². The second-order valence-corrected chi connectivity index (χ2v) is 6.87. The average molecular weight is 365 g/mol. The number of fused-ring (bicyclic) bond motifs is 1. The van der Waals surface area contributed by atoms with E-state index < -0.39 is 0 Å². The van der Waals surface area contributed by atoms with Crippen LogP contribution in [0.15, 0.2) is 42.2 Å². The minimum atomic E-state index is -0.151. The van der Waals surface area contributed by atoms with Gasteiger partial charge in [0.2, 0.25) is 5.78 Å². The topological polar surface area (TPSA) is 59.0 Å². The highest BCUT2D eigenvalue weighted by molar-refractivity contribution is 6.15. The molecule has 5 heteroatoms. The Kier molecular flexibility index (Phi) is 4.86. The molecule has 2 aliphatic heterocycles. The van der Waals surface area contributed by atoms with E-state index in [2.05, 4.69) is 4.90 Å². The van der Waals surface area contributed by atoms with Crippen molar-refractivity contribution < 1.29 is 19.4 Å². The fraction of sp³-hybridized carbons (Fsp3) is 0.318. The minimum Gasteiger partial charge on any atom is -0.507 e. The number of phenolic OH excluding ortho intramolecular Hbond substituents is 1. The van der Waals surface area contributed by atoms with Crippen molar-refractivity contribution in [2.24, 2.45) is 0 Å². The molecule has 0 radical (unpaired) electrons.